The van der Waals surface area contributed by atoms with E-state index in [4.69, 9.17) is 11.6 Å². The van der Waals surface area contributed by atoms with E-state index in [0.29, 0.717) is 5.56 Å². The van der Waals surface area contributed by atoms with Gasteiger partial charge in [0.15, 0.2) is 0 Å². The second-order valence-electron chi connectivity index (χ2n) is 2.50. The van der Waals surface area contributed by atoms with Crippen molar-refractivity contribution in [3.8, 4) is 0 Å². The highest BCUT2D eigenvalue weighted by Gasteiger charge is 2.14. The summed E-state index contributed by atoms with van der Waals surface area (Å²) in [5.74, 6) is 0. The molecule has 1 rings (SSSR count). The predicted molar refractivity (Wildman–Crippen MR) is 51.7 cm³/mol. The number of nitrogens with one attached hydrogen (secondary N) is 1. The average molecular weight is 219 g/mol. The van der Waals surface area contributed by atoms with Crippen LogP contribution in [0.2, 0.25) is 0 Å². The molecule has 1 aromatic carbocycles. The molecule has 0 amide bonds. The molecule has 0 aliphatic heterocycles. The molecule has 0 spiro atoms. The topological polar surface area (TPSA) is 46.2 Å². The monoisotopic (exact) mass is 218 g/mol. The molecular formula is C8H9ClNO2S. The first-order valence-corrected chi connectivity index (χ1v) is 5.50. The number of halogens is 1. The van der Waals surface area contributed by atoms with E-state index in [9.17, 15) is 8.42 Å². The van der Waals surface area contributed by atoms with Crippen LogP contribution < -0.4 is 4.72 Å². The zero-order chi connectivity index (χ0) is 9.90. The number of hydrogen-bond acceptors (Lipinski definition) is 2. The van der Waals surface area contributed by atoms with Gasteiger partial charge in [-0.1, -0.05) is 18.2 Å². The van der Waals surface area contributed by atoms with E-state index >= 15 is 0 Å². The van der Waals surface area contributed by atoms with Gasteiger partial charge < -0.3 is 0 Å². The highest BCUT2D eigenvalue weighted by atomic mass is 35.5. The van der Waals surface area contributed by atoms with E-state index < -0.39 is 10.0 Å². The SMILES string of the molecule is Cc1ccccc1S(=O)(=O)N[CH]Cl. The summed E-state index contributed by atoms with van der Waals surface area (Å²) in [6.07, 6.45) is 0. The molecule has 1 radical (unpaired) electrons. The third kappa shape index (κ3) is 2.43. The van der Waals surface area contributed by atoms with E-state index in [-0.39, 0.29) is 4.90 Å². The van der Waals surface area contributed by atoms with Crippen LogP contribution in [0.25, 0.3) is 0 Å². The van der Waals surface area contributed by atoms with Crippen LogP contribution in [0.5, 0.6) is 0 Å². The third-order valence-electron chi connectivity index (χ3n) is 1.58. The van der Waals surface area contributed by atoms with Crippen molar-refractivity contribution in [2.24, 2.45) is 0 Å². The lowest BCUT2D eigenvalue weighted by molar-refractivity contribution is 0.589. The Morgan fingerprint density at radius 1 is 1.38 bits per heavy atom. The molecule has 0 unspecified atom stereocenters. The summed E-state index contributed by atoms with van der Waals surface area (Å²) in [7, 11) is -3.48. The van der Waals surface area contributed by atoms with Gasteiger partial charge in [0.1, 0.15) is 6.00 Å². The molecule has 0 atom stereocenters. The smallest absolute Gasteiger partial charge is 0.207 e. The fraction of sp³-hybridized carbons (Fsp3) is 0.125. The summed E-state index contributed by atoms with van der Waals surface area (Å²) in [5.41, 5.74) is 0.688. The molecule has 0 saturated carbocycles. The first-order chi connectivity index (χ1) is 6.08. The molecule has 71 valence electrons. The molecule has 1 aromatic rings. The maximum atomic E-state index is 11.4. The Labute approximate surface area is 82.8 Å². The fourth-order valence-electron chi connectivity index (χ4n) is 0.980. The van der Waals surface area contributed by atoms with E-state index in [1.165, 1.54) is 6.07 Å². The molecule has 13 heavy (non-hydrogen) atoms. The lowest BCUT2D eigenvalue weighted by Crippen LogP contribution is -2.19. The molecule has 1 N–H and O–H groups in total. The minimum atomic E-state index is -3.48. The van der Waals surface area contributed by atoms with Gasteiger partial charge >= 0.3 is 0 Å². The van der Waals surface area contributed by atoms with Crippen LogP contribution in [0.1, 0.15) is 5.56 Å². The van der Waals surface area contributed by atoms with Crippen LogP contribution in [0, 0.1) is 12.9 Å². The van der Waals surface area contributed by atoms with Crippen LogP contribution >= 0.6 is 11.6 Å². The Balaban J connectivity index is 3.15. The molecule has 0 aromatic heterocycles. The highest BCUT2D eigenvalue weighted by molar-refractivity contribution is 7.89. The van der Waals surface area contributed by atoms with Crippen molar-refractivity contribution in [2.45, 2.75) is 11.8 Å². The lowest BCUT2D eigenvalue weighted by Gasteiger charge is -2.05. The molecule has 0 heterocycles. The van der Waals surface area contributed by atoms with Crippen LogP contribution in [-0.2, 0) is 10.0 Å². The van der Waals surface area contributed by atoms with Gasteiger partial charge in [-0.05, 0) is 18.6 Å². The minimum Gasteiger partial charge on any atom is -0.207 e. The number of sulfonamides is 1. The van der Waals surface area contributed by atoms with Crippen LogP contribution in [0.15, 0.2) is 29.2 Å². The standard InChI is InChI=1S/C8H9ClNO2S/c1-7-4-2-3-5-8(7)13(11,12)10-6-9/h2-6,10H,1H3. The van der Waals surface area contributed by atoms with Crippen molar-refractivity contribution in [3.05, 3.63) is 35.8 Å². The second-order valence-corrected chi connectivity index (χ2v) is 4.40. The van der Waals surface area contributed by atoms with Crippen LogP contribution in [0.3, 0.4) is 0 Å². The van der Waals surface area contributed by atoms with Gasteiger partial charge in [-0.25, -0.2) is 8.42 Å². The van der Waals surface area contributed by atoms with E-state index in [2.05, 4.69) is 4.72 Å². The number of aryl methyl sites for hydroxylation is 1. The Hall–Kier alpha value is -0.580. The summed E-state index contributed by atoms with van der Waals surface area (Å²) >= 11 is 5.17. The maximum Gasteiger partial charge on any atom is 0.242 e. The Bertz CT molecular complexity index is 389. The summed E-state index contributed by atoms with van der Waals surface area (Å²) in [5, 5.41) is 0. The van der Waals surface area contributed by atoms with Gasteiger partial charge in [-0.3, -0.25) is 0 Å². The predicted octanol–water partition coefficient (Wildman–Crippen LogP) is 1.63. The molecule has 0 saturated heterocycles. The third-order valence-corrected chi connectivity index (χ3v) is 3.29. The van der Waals surface area contributed by atoms with Crippen molar-refractivity contribution in [2.75, 3.05) is 0 Å². The second kappa shape index (κ2) is 4.09. The number of benzene rings is 1. The molecule has 5 heteroatoms. The zero-order valence-electron chi connectivity index (χ0n) is 6.99. The van der Waals surface area contributed by atoms with Crippen LogP contribution in [0.4, 0.5) is 0 Å². The maximum absolute atomic E-state index is 11.4. The Morgan fingerprint density at radius 2 is 2.00 bits per heavy atom. The molecule has 0 bridgehead atoms. The largest absolute Gasteiger partial charge is 0.242 e. The summed E-state index contributed by atoms with van der Waals surface area (Å²) in [6.45, 7) is 1.72. The highest BCUT2D eigenvalue weighted by Crippen LogP contribution is 2.13. The Kier molecular flexibility index (Phi) is 3.30. The Morgan fingerprint density at radius 3 is 2.54 bits per heavy atom. The van der Waals surface area contributed by atoms with Gasteiger partial charge in [-0.15, -0.1) is 11.6 Å². The van der Waals surface area contributed by atoms with Gasteiger partial charge in [-0.2, -0.15) is 4.72 Å². The van der Waals surface area contributed by atoms with Gasteiger partial charge in [0.25, 0.3) is 0 Å². The van der Waals surface area contributed by atoms with Crippen molar-refractivity contribution in [1.82, 2.24) is 4.72 Å². The van der Waals surface area contributed by atoms with Crippen molar-refractivity contribution >= 4 is 21.6 Å². The van der Waals surface area contributed by atoms with E-state index in [1.807, 2.05) is 0 Å². The zero-order valence-corrected chi connectivity index (χ0v) is 8.56. The fourth-order valence-corrected chi connectivity index (χ4v) is 2.33. The average Bonchev–Trinajstić information content (AvgIpc) is 2.04. The number of hydrogen-bond donors (Lipinski definition) is 1. The molecule has 3 nitrogen and oxygen atoms in total. The van der Waals surface area contributed by atoms with Crippen molar-refractivity contribution in [3.63, 3.8) is 0 Å². The summed E-state index contributed by atoms with van der Waals surface area (Å²) < 4.78 is 24.9. The molecular weight excluding hydrogens is 210 g/mol. The lowest BCUT2D eigenvalue weighted by atomic mass is 10.2. The van der Waals surface area contributed by atoms with E-state index in [0.717, 1.165) is 6.00 Å². The first-order valence-electron chi connectivity index (χ1n) is 3.58. The summed E-state index contributed by atoms with van der Waals surface area (Å²) in [4.78, 5) is 0.243. The first kappa shape index (κ1) is 10.5. The van der Waals surface area contributed by atoms with Crippen molar-refractivity contribution < 1.29 is 8.42 Å². The quantitative estimate of drug-likeness (QED) is 0.784. The van der Waals surface area contributed by atoms with Crippen molar-refractivity contribution in [1.29, 1.82) is 0 Å². The van der Waals surface area contributed by atoms with Gasteiger partial charge in [0.05, 0.1) is 4.90 Å². The number of rotatable bonds is 3. The molecule has 0 aliphatic rings. The van der Waals surface area contributed by atoms with E-state index in [1.54, 1.807) is 25.1 Å². The summed E-state index contributed by atoms with van der Waals surface area (Å²) in [6, 6.07) is 7.57. The molecule has 0 fully saturated rings. The molecule has 0 aliphatic carbocycles. The van der Waals surface area contributed by atoms with Gasteiger partial charge in [0, 0.05) is 0 Å². The minimum absolute atomic E-state index is 0.243. The normalized spacial score (nSPS) is 11.5. The van der Waals surface area contributed by atoms with Crippen LogP contribution in [-0.4, -0.2) is 8.42 Å². The van der Waals surface area contributed by atoms with Gasteiger partial charge in [0.2, 0.25) is 10.0 Å².